The largest absolute Gasteiger partial charge is 0.370 e. The van der Waals surface area contributed by atoms with Gasteiger partial charge in [-0.3, -0.25) is 0 Å². The van der Waals surface area contributed by atoms with Crippen molar-refractivity contribution in [2.75, 3.05) is 13.1 Å². The minimum absolute atomic E-state index is 0. The number of rotatable bonds is 4. The zero-order chi connectivity index (χ0) is 8.69. The Labute approximate surface area is 98.3 Å². The van der Waals surface area contributed by atoms with Crippen molar-refractivity contribution in [2.24, 2.45) is 10.7 Å². The van der Waals surface area contributed by atoms with E-state index in [1.807, 2.05) is 0 Å². The molecule has 0 aromatic rings. The molecule has 0 fully saturated rings. The fourth-order valence-corrected chi connectivity index (χ4v) is 0.529. The molecule has 0 unspecified atom stereocenters. The number of hydrogen-bond acceptors (Lipinski definition) is 1. The van der Waals surface area contributed by atoms with Crippen molar-refractivity contribution in [1.29, 1.82) is 0 Å². The molecule has 0 atom stereocenters. The average Bonchev–Trinajstić information content (AvgIpc) is 1.97. The van der Waals surface area contributed by atoms with Gasteiger partial charge in [-0.05, 0) is 0 Å². The fraction of sp³-hybridized carbons (Fsp3) is 0.286. The average molecular weight is 346 g/mol. The molecule has 0 aliphatic carbocycles. The van der Waals surface area contributed by atoms with E-state index in [4.69, 9.17) is 5.73 Å². The quantitative estimate of drug-likeness (QED) is 0.352. The Morgan fingerprint density at radius 2 is 2.25 bits per heavy atom. The zero-order valence-corrected chi connectivity index (χ0v) is 10.6. The maximum Gasteiger partial charge on any atom is 0.189 e. The Kier molecular flexibility index (Phi) is 10.9. The Hall–Kier alpha value is -0.0400. The van der Waals surface area contributed by atoms with E-state index in [1.165, 1.54) is 0 Å². The number of guanidine groups is 1. The molecule has 0 heterocycles. The summed E-state index contributed by atoms with van der Waals surface area (Å²) in [7, 11) is 0. The van der Waals surface area contributed by atoms with Crippen LogP contribution in [0.15, 0.2) is 28.7 Å². The molecule has 70 valence electrons. The van der Waals surface area contributed by atoms with Crippen LogP contribution in [0.4, 0.5) is 0 Å². The summed E-state index contributed by atoms with van der Waals surface area (Å²) in [5.41, 5.74) is 5.44. The van der Waals surface area contributed by atoms with Crippen molar-refractivity contribution in [3.05, 3.63) is 23.7 Å². The van der Waals surface area contributed by atoms with Gasteiger partial charge in [0.2, 0.25) is 0 Å². The lowest BCUT2D eigenvalue weighted by Crippen LogP contribution is -2.31. The summed E-state index contributed by atoms with van der Waals surface area (Å²) in [5.74, 6) is 0.408. The Morgan fingerprint density at radius 1 is 1.67 bits per heavy atom. The number of nitrogens with one attached hydrogen (secondary N) is 1. The summed E-state index contributed by atoms with van der Waals surface area (Å²) < 4.78 is 0.806. The zero-order valence-electron chi connectivity index (χ0n) is 6.72. The summed E-state index contributed by atoms with van der Waals surface area (Å²) in [4.78, 5) is 3.95. The minimum Gasteiger partial charge on any atom is -0.370 e. The molecule has 3 nitrogen and oxygen atoms in total. The van der Waals surface area contributed by atoms with Crippen LogP contribution in [0.5, 0.6) is 0 Å². The first-order valence-corrected chi connectivity index (χ1v) is 3.94. The van der Waals surface area contributed by atoms with Crippen molar-refractivity contribution >= 4 is 45.9 Å². The molecule has 0 aromatic heterocycles. The van der Waals surface area contributed by atoms with Crippen molar-refractivity contribution in [1.82, 2.24) is 5.32 Å². The van der Waals surface area contributed by atoms with E-state index < -0.39 is 0 Å². The van der Waals surface area contributed by atoms with Crippen LogP contribution >= 0.6 is 39.9 Å². The SMILES string of the molecule is C=CCNC(N)=NCC(=C)Br.I. The number of nitrogens with two attached hydrogens (primary N) is 1. The minimum atomic E-state index is 0. The third-order valence-corrected chi connectivity index (χ3v) is 1.10. The van der Waals surface area contributed by atoms with Crippen LogP contribution in [0, 0.1) is 0 Å². The Balaban J connectivity index is 0. The second kappa shape index (κ2) is 9.05. The number of nitrogens with zero attached hydrogens (tertiary/aromatic N) is 1. The highest BCUT2D eigenvalue weighted by Gasteiger charge is 1.87. The van der Waals surface area contributed by atoms with Crippen molar-refractivity contribution in [2.45, 2.75) is 0 Å². The van der Waals surface area contributed by atoms with Crippen LogP contribution in [0.25, 0.3) is 0 Å². The van der Waals surface area contributed by atoms with Gasteiger partial charge in [-0.1, -0.05) is 28.6 Å². The van der Waals surface area contributed by atoms with Gasteiger partial charge < -0.3 is 11.1 Å². The molecule has 12 heavy (non-hydrogen) atoms. The van der Waals surface area contributed by atoms with Gasteiger partial charge in [0, 0.05) is 11.0 Å². The standard InChI is InChI=1S/C7H12BrN3.HI/c1-3-4-10-7(9)11-5-6(2)8;/h3H,1-2,4-5H2,(H3,9,10,11);1H. The monoisotopic (exact) mass is 345 g/mol. The molecule has 0 bridgehead atoms. The van der Waals surface area contributed by atoms with Gasteiger partial charge >= 0.3 is 0 Å². The summed E-state index contributed by atoms with van der Waals surface area (Å²) in [6.07, 6.45) is 1.71. The molecule has 0 aliphatic heterocycles. The van der Waals surface area contributed by atoms with Crippen LogP contribution in [-0.4, -0.2) is 19.0 Å². The van der Waals surface area contributed by atoms with Crippen molar-refractivity contribution in [3.63, 3.8) is 0 Å². The summed E-state index contributed by atoms with van der Waals surface area (Å²) in [6.45, 7) is 8.27. The van der Waals surface area contributed by atoms with Gasteiger partial charge in [0.05, 0.1) is 6.54 Å². The van der Waals surface area contributed by atoms with Crippen LogP contribution in [-0.2, 0) is 0 Å². The highest BCUT2D eigenvalue weighted by atomic mass is 127. The van der Waals surface area contributed by atoms with Gasteiger partial charge in [0.25, 0.3) is 0 Å². The summed E-state index contributed by atoms with van der Waals surface area (Å²) in [6, 6.07) is 0. The Bertz CT molecular complexity index is 179. The normalized spacial score (nSPS) is 9.92. The summed E-state index contributed by atoms with van der Waals surface area (Å²) in [5, 5.41) is 2.84. The second-order valence-corrected chi connectivity index (χ2v) is 3.01. The van der Waals surface area contributed by atoms with Gasteiger partial charge in [0.15, 0.2) is 5.96 Å². The van der Waals surface area contributed by atoms with Crippen molar-refractivity contribution in [3.8, 4) is 0 Å². The molecule has 0 aromatic carbocycles. The van der Waals surface area contributed by atoms with E-state index >= 15 is 0 Å². The first-order valence-electron chi connectivity index (χ1n) is 3.14. The lowest BCUT2D eigenvalue weighted by atomic mass is 10.6. The highest BCUT2D eigenvalue weighted by molar-refractivity contribution is 14.0. The van der Waals surface area contributed by atoms with Gasteiger partial charge in [-0.25, -0.2) is 4.99 Å². The Morgan fingerprint density at radius 3 is 2.67 bits per heavy atom. The molecular weight excluding hydrogens is 333 g/mol. The van der Waals surface area contributed by atoms with Crippen LogP contribution in [0.3, 0.4) is 0 Å². The van der Waals surface area contributed by atoms with E-state index in [1.54, 1.807) is 6.08 Å². The van der Waals surface area contributed by atoms with E-state index in [0.29, 0.717) is 19.0 Å². The van der Waals surface area contributed by atoms with Crippen LogP contribution in [0.2, 0.25) is 0 Å². The third-order valence-electron chi connectivity index (χ3n) is 0.848. The predicted octanol–water partition coefficient (Wildman–Crippen LogP) is 1.60. The van der Waals surface area contributed by atoms with Gasteiger partial charge in [-0.15, -0.1) is 30.6 Å². The lowest BCUT2D eigenvalue weighted by Gasteiger charge is -2.00. The third kappa shape index (κ3) is 9.96. The van der Waals surface area contributed by atoms with Gasteiger partial charge in [0.1, 0.15) is 0 Å². The fourth-order valence-electron chi connectivity index (χ4n) is 0.404. The molecule has 0 saturated carbocycles. The second-order valence-electron chi connectivity index (χ2n) is 1.89. The van der Waals surface area contributed by atoms with E-state index in [2.05, 4.69) is 39.4 Å². The first kappa shape index (κ1) is 14.5. The van der Waals surface area contributed by atoms with Gasteiger partial charge in [-0.2, -0.15) is 0 Å². The van der Waals surface area contributed by atoms with E-state index in [9.17, 15) is 0 Å². The summed E-state index contributed by atoms with van der Waals surface area (Å²) >= 11 is 3.17. The topological polar surface area (TPSA) is 50.4 Å². The highest BCUT2D eigenvalue weighted by Crippen LogP contribution is 1.98. The molecule has 3 N–H and O–H groups in total. The van der Waals surface area contributed by atoms with E-state index in [0.717, 1.165) is 4.48 Å². The molecule has 0 saturated heterocycles. The first-order chi connectivity index (χ1) is 5.16. The molecule has 0 rings (SSSR count). The van der Waals surface area contributed by atoms with E-state index in [-0.39, 0.29) is 24.0 Å². The number of halogens is 2. The van der Waals surface area contributed by atoms with Crippen molar-refractivity contribution < 1.29 is 0 Å². The maximum atomic E-state index is 5.44. The van der Waals surface area contributed by atoms with Crippen LogP contribution < -0.4 is 11.1 Å². The smallest absolute Gasteiger partial charge is 0.189 e. The molecule has 0 spiro atoms. The number of aliphatic imine (C=N–C) groups is 1. The van der Waals surface area contributed by atoms with Crippen LogP contribution in [0.1, 0.15) is 0 Å². The molecular formula is C7H13BrIN3. The molecule has 0 aliphatic rings. The molecule has 0 amide bonds. The molecule has 0 radical (unpaired) electrons. The maximum absolute atomic E-state index is 5.44. The number of hydrogen-bond donors (Lipinski definition) is 2. The predicted molar refractivity (Wildman–Crippen MR) is 68.2 cm³/mol. The molecule has 5 heteroatoms. The lowest BCUT2D eigenvalue weighted by molar-refractivity contribution is 1.00.